The van der Waals surface area contributed by atoms with E-state index in [1.807, 2.05) is 34.7 Å². The van der Waals surface area contributed by atoms with Crippen LogP contribution in [0.25, 0.3) is 5.82 Å². The molecule has 150 valence electrons. The zero-order valence-corrected chi connectivity index (χ0v) is 17.7. The van der Waals surface area contributed by atoms with Gasteiger partial charge >= 0.3 is 0 Å². The van der Waals surface area contributed by atoms with Crippen molar-refractivity contribution in [1.82, 2.24) is 14.5 Å². The maximum atomic E-state index is 13.1. The fourth-order valence-corrected chi connectivity index (χ4v) is 5.46. The lowest BCUT2D eigenvalue weighted by Crippen LogP contribution is -2.53. The first-order valence-corrected chi connectivity index (χ1v) is 11.2. The quantitative estimate of drug-likeness (QED) is 0.639. The Bertz CT molecular complexity index is 1030. The van der Waals surface area contributed by atoms with E-state index in [1.54, 1.807) is 0 Å². The molecule has 3 aromatic rings. The second kappa shape index (κ2) is 7.02. The maximum absolute atomic E-state index is 13.1. The zero-order valence-electron chi connectivity index (χ0n) is 16.9. The molecular weight excluding hydrogens is 380 g/mol. The molecule has 0 aromatic carbocycles. The molecule has 3 aromatic heterocycles. The Kier molecular flexibility index (Phi) is 4.46. The Balaban J connectivity index is 1.58. The van der Waals surface area contributed by atoms with Gasteiger partial charge < -0.3 is 14.4 Å². The molecule has 6 heteroatoms. The van der Waals surface area contributed by atoms with Crippen LogP contribution in [0.2, 0.25) is 0 Å². The number of hydrogen-bond acceptors (Lipinski definition) is 4. The molecule has 0 N–H and O–H groups in total. The first-order chi connectivity index (χ1) is 14.1. The summed E-state index contributed by atoms with van der Waals surface area (Å²) in [6.45, 7) is 6.98. The highest BCUT2D eigenvalue weighted by atomic mass is 32.1. The Labute approximate surface area is 175 Å². The molecule has 1 amide bonds. The van der Waals surface area contributed by atoms with Gasteiger partial charge in [0, 0.05) is 32.0 Å². The highest BCUT2D eigenvalue weighted by molar-refractivity contribution is 7.12. The molecule has 1 spiro atoms. The maximum Gasteiger partial charge on any atom is 0.264 e. The highest BCUT2D eigenvalue weighted by Crippen LogP contribution is 2.47. The molecular formula is C23H26N4OS. The normalized spacial score (nSPS) is 20.4. The van der Waals surface area contributed by atoms with Crippen molar-refractivity contribution in [3.05, 3.63) is 64.7 Å². The number of pyridine rings is 1. The van der Waals surface area contributed by atoms with Crippen molar-refractivity contribution in [2.45, 2.75) is 32.2 Å². The molecule has 0 unspecified atom stereocenters. The van der Waals surface area contributed by atoms with Gasteiger partial charge in [0.2, 0.25) is 0 Å². The van der Waals surface area contributed by atoms with Crippen LogP contribution in [0.4, 0.5) is 5.69 Å². The Hall–Kier alpha value is -2.60. The summed E-state index contributed by atoms with van der Waals surface area (Å²) in [5.41, 5.74) is 2.21. The van der Waals surface area contributed by atoms with E-state index >= 15 is 0 Å². The zero-order chi connectivity index (χ0) is 20.0. The van der Waals surface area contributed by atoms with Gasteiger partial charge in [-0.1, -0.05) is 19.9 Å². The number of hydrogen-bond donors (Lipinski definition) is 0. The average Bonchev–Trinajstić information content (AvgIpc) is 3.47. The van der Waals surface area contributed by atoms with Crippen LogP contribution >= 0.6 is 11.3 Å². The van der Waals surface area contributed by atoms with E-state index in [1.165, 1.54) is 22.7 Å². The van der Waals surface area contributed by atoms with Crippen LogP contribution < -0.4 is 4.90 Å². The number of fused-ring (bicyclic) bond motifs is 4. The van der Waals surface area contributed by atoms with E-state index < -0.39 is 0 Å². The number of likely N-dealkylation sites (tertiary alicyclic amines) is 1. The summed E-state index contributed by atoms with van der Waals surface area (Å²) in [7, 11) is 0. The Morgan fingerprint density at radius 3 is 2.93 bits per heavy atom. The fraction of sp³-hybridized carbons (Fsp3) is 0.391. The van der Waals surface area contributed by atoms with Crippen molar-refractivity contribution < 1.29 is 4.79 Å². The average molecular weight is 407 g/mol. The van der Waals surface area contributed by atoms with E-state index in [0.717, 1.165) is 36.6 Å². The van der Waals surface area contributed by atoms with Crippen LogP contribution in [-0.2, 0) is 5.54 Å². The van der Waals surface area contributed by atoms with Gasteiger partial charge in [-0.25, -0.2) is 4.98 Å². The molecule has 1 atom stereocenters. The van der Waals surface area contributed by atoms with Crippen LogP contribution in [0.5, 0.6) is 0 Å². The molecule has 29 heavy (non-hydrogen) atoms. The minimum Gasteiger partial charge on any atom is -0.355 e. The standard InChI is InChI=1S/C23H26N4OS/c1-17(2)9-13-27-18-6-3-11-24-21(18)26-12-4-8-20(26)23(27)10-14-25(16-23)22(28)19-7-5-15-29-19/h3-8,11-12,15,17H,9-10,13-14,16H2,1-2H3/t23-/m1/s1. The minimum absolute atomic E-state index is 0.149. The topological polar surface area (TPSA) is 41.4 Å². The van der Waals surface area contributed by atoms with Gasteiger partial charge in [-0.15, -0.1) is 11.3 Å². The van der Waals surface area contributed by atoms with E-state index in [0.29, 0.717) is 12.5 Å². The molecule has 0 radical (unpaired) electrons. The number of aromatic nitrogens is 2. The van der Waals surface area contributed by atoms with Crippen molar-refractivity contribution in [3.63, 3.8) is 0 Å². The number of carbonyl (C=O) groups excluding carboxylic acids is 1. The summed E-state index contributed by atoms with van der Waals surface area (Å²) in [6.07, 6.45) is 6.01. The van der Waals surface area contributed by atoms with Crippen LogP contribution in [0.3, 0.4) is 0 Å². The molecule has 0 saturated carbocycles. The molecule has 5 rings (SSSR count). The Morgan fingerprint density at radius 1 is 1.24 bits per heavy atom. The van der Waals surface area contributed by atoms with Crippen LogP contribution in [0.15, 0.2) is 54.2 Å². The van der Waals surface area contributed by atoms with Gasteiger partial charge in [0.15, 0.2) is 5.82 Å². The second-order valence-corrected chi connectivity index (χ2v) is 9.38. The summed E-state index contributed by atoms with van der Waals surface area (Å²) in [5.74, 6) is 1.76. The van der Waals surface area contributed by atoms with Gasteiger partial charge in [0.1, 0.15) is 5.54 Å². The summed E-state index contributed by atoms with van der Waals surface area (Å²) in [5, 5.41) is 1.97. The van der Waals surface area contributed by atoms with Gasteiger partial charge in [-0.3, -0.25) is 4.79 Å². The first-order valence-electron chi connectivity index (χ1n) is 10.3. The van der Waals surface area contributed by atoms with Crippen LogP contribution in [0, 0.1) is 5.92 Å². The molecule has 0 bridgehead atoms. The second-order valence-electron chi connectivity index (χ2n) is 8.43. The van der Waals surface area contributed by atoms with Gasteiger partial charge in [-0.2, -0.15) is 0 Å². The lowest BCUT2D eigenvalue weighted by atomic mass is 9.88. The Morgan fingerprint density at radius 2 is 2.14 bits per heavy atom. The molecule has 2 aliphatic rings. The third-order valence-corrected chi connectivity index (χ3v) is 7.08. The van der Waals surface area contributed by atoms with Crippen molar-refractivity contribution in [2.24, 2.45) is 5.92 Å². The van der Waals surface area contributed by atoms with E-state index in [9.17, 15) is 4.79 Å². The van der Waals surface area contributed by atoms with Gasteiger partial charge in [-0.05, 0) is 54.5 Å². The van der Waals surface area contributed by atoms with E-state index in [-0.39, 0.29) is 11.4 Å². The van der Waals surface area contributed by atoms with Gasteiger partial charge in [0.25, 0.3) is 5.91 Å². The monoisotopic (exact) mass is 406 g/mol. The molecule has 1 fully saturated rings. The molecule has 2 aliphatic heterocycles. The van der Waals surface area contributed by atoms with Crippen molar-refractivity contribution >= 4 is 22.9 Å². The summed E-state index contributed by atoms with van der Waals surface area (Å²) in [4.78, 5) is 23.2. The minimum atomic E-state index is -0.207. The SMILES string of the molecule is CC(C)CCN1c2cccnc2-n2cccc2[C@]12CCN(C(=O)c1cccs1)C2. The smallest absolute Gasteiger partial charge is 0.264 e. The highest BCUT2D eigenvalue weighted by Gasteiger charge is 2.50. The summed E-state index contributed by atoms with van der Waals surface area (Å²) >= 11 is 1.52. The van der Waals surface area contributed by atoms with Crippen molar-refractivity contribution in [2.75, 3.05) is 24.5 Å². The summed E-state index contributed by atoms with van der Waals surface area (Å²) < 4.78 is 2.22. The number of nitrogens with zero attached hydrogens (tertiary/aromatic N) is 4. The van der Waals surface area contributed by atoms with E-state index in [4.69, 9.17) is 4.98 Å². The number of anilines is 1. The molecule has 5 nitrogen and oxygen atoms in total. The van der Waals surface area contributed by atoms with Crippen LogP contribution in [0.1, 0.15) is 42.1 Å². The number of amides is 1. The predicted molar refractivity (Wildman–Crippen MR) is 117 cm³/mol. The number of rotatable bonds is 4. The molecule has 5 heterocycles. The number of thiophene rings is 1. The molecule has 1 saturated heterocycles. The van der Waals surface area contributed by atoms with Crippen LogP contribution in [-0.4, -0.2) is 40.0 Å². The predicted octanol–water partition coefficient (Wildman–Crippen LogP) is 4.54. The summed E-state index contributed by atoms with van der Waals surface area (Å²) in [6, 6.07) is 12.4. The third-order valence-electron chi connectivity index (χ3n) is 6.22. The third kappa shape index (κ3) is 2.89. The van der Waals surface area contributed by atoms with E-state index in [2.05, 4.69) is 47.7 Å². The van der Waals surface area contributed by atoms with Crippen molar-refractivity contribution in [1.29, 1.82) is 0 Å². The van der Waals surface area contributed by atoms with Gasteiger partial charge in [0.05, 0.1) is 16.3 Å². The lowest BCUT2D eigenvalue weighted by molar-refractivity contribution is 0.0786. The fourth-order valence-electron chi connectivity index (χ4n) is 4.77. The molecule has 0 aliphatic carbocycles. The first kappa shape index (κ1) is 18.4. The van der Waals surface area contributed by atoms with Crippen molar-refractivity contribution in [3.8, 4) is 5.82 Å². The number of carbonyl (C=O) groups is 1. The lowest BCUT2D eigenvalue weighted by Gasteiger charge is -2.47. The largest absolute Gasteiger partial charge is 0.355 e.